The SMILES string of the molecule is COC(=O)C1CCN(C(=O)COc2ccc(C)cc2Br)C1. The third kappa shape index (κ3) is 3.97. The van der Waals surface area contributed by atoms with E-state index in [-0.39, 0.29) is 24.4 Å². The van der Waals surface area contributed by atoms with Crippen molar-refractivity contribution in [1.29, 1.82) is 0 Å². The van der Waals surface area contributed by atoms with Crippen LogP contribution in [0, 0.1) is 12.8 Å². The summed E-state index contributed by atoms with van der Waals surface area (Å²) in [5, 5.41) is 0. The molecule has 1 unspecified atom stereocenters. The number of methoxy groups -OCH3 is 1. The number of hydrogen-bond donors (Lipinski definition) is 0. The van der Waals surface area contributed by atoms with Gasteiger partial charge < -0.3 is 14.4 Å². The third-order valence-corrected chi connectivity index (χ3v) is 4.13. The van der Waals surface area contributed by atoms with E-state index in [0.29, 0.717) is 25.3 Å². The zero-order valence-corrected chi connectivity index (χ0v) is 13.7. The predicted molar refractivity (Wildman–Crippen MR) is 81.1 cm³/mol. The molecule has 1 amide bonds. The van der Waals surface area contributed by atoms with Crippen LogP contribution in [0.2, 0.25) is 0 Å². The molecule has 1 fully saturated rings. The van der Waals surface area contributed by atoms with E-state index in [0.717, 1.165) is 10.0 Å². The van der Waals surface area contributed by atoms with Gasteiger partial charge in [-0.15, -0.1) is 0 Å². The van der Waals surface area contributed by atoms with Gasteiger partial charge in [0.15, 0.2) is 6.61 Å². The summed E-state index contributed by atoms with van der Waals surface area (Å²) < 4.78 is 11.1. The first kappa shape index (κ1) is 15.8. The number of esters is 1. The lowest BCUT2D eigenvalue weighted by molar-refractivity contribution is -0.145. The molecule has 1 aromatic rings. The molecule has 0 N–H and O–H groups in total. The van der Waals surface area contributed by atoms with E-state index in [1.54, 1.807) is 4.90 Å². The molecule has 1 aliphatic rings. The summed E-state index contributed by atoms with van der Waals surface area (Å²) in [4.78, 5) is 25.2. The van der Waals surface area contributed by atoms with Crippen LogP contribution >= 0.6 is 15.9 Å². The van der Waals surface area contributed by atoms with Gasteiger partial charge in [-0.2, -0.15) is 0 Å². The normalized spacial score (nSPS) is 17.7. The number of carbonyl (C=O) groups is 2. The summed E-state index contributed by atoms with van der Waals surface area (Å²) in [6.45, 7) is 2.92. The van der Waals surface area contributed by atoms with E-state index in [2.05, 4.69) is 15.9 Å². The molecule has 1 heterocycles. The standard InChI is InChI=1S/C15H18BrNO4/c1-10-3-4-13(12(16)7-10)21-9-14(18)17-6-5-11(8-17)15(19)20-2/h3-4,7,11H,5-6,8-9H2,1-2H3. The zero-order valence-electron chi connectivity index (χ0n) is 12.1. The molecule has 0 aromatic heterocycles. The predicted octanol–water partition coefficient (Wildman–Crippen LogP) is 2.16. The van der Waals surface area contributed by atoms with Crippen LogP contribution in [0.15, 0.2) is 22.7 Å². The second-order valence-electron chi connectivity index (χ2n) is 5.07. The second-order valence-corrected chi connectivity index (χ2v) is 5.93. The molecule has 2 rings (SSSR count). The number of hydrogen-bond acceptors (Lipinski definition) is 4. The molecule has 0 radical (unpaired) electrons. The molecule has 0 spiro atoms. The topological polar surface area (TPSA) is 55.8 Å². The minimum absolute atomic E-state index is 0.0322. The molecule has 0 bridgehead atoms. The lowest BCUT2D eigenvalue weighted by Gasteiger charge is -2.17. The monoisotopic (exact) mass is 355 g/mol. The Kier molecular flexibility index (Phi) is 5.22. The first-order valence-corrected chi connectivity index (χ1v) is 7.55. The molecule has 1 aliphatic heterocycles. The van der Waals surface area contributed by atoms with Crippen molar-refractivity contribution >= 4 is 27.8 Å². The van der Waals surface area contributed by atoms with Crippen LogP contribution < -0.4 is 4.74 Å². The Bertz CT molecular complexity index is 546. The Labute approximate surface area is 132 Å². The summed E-state index contributed by atoms with van der Waals surface area (Å²) in [7, 11) is 1.37. The van der Waals surface area contributed by atoms with E-state index in [1.165, 1.54) is 7.11 Å². The van der Waals surface area contributed by atoms with Crippen molar-refractivity contribution in [2.45, 2.75) is 13.3 Å². The molecule has 1 saturated heterocycles. The molecule has 5 nitrogen and oxygen atoms in total. The van der Waals surface area contributed by atoms with Crippen LogP contribution in [0.25, 0.3) is 0 Å². The summed E-state index contributed by atoms with van der Waals surface area (Å²) in [5.74, 6) is 0.0455. The van der Waals surface area contributed by atoms with Crippen LogP contribution in [-0.2, 0) is 14.3 Å². The van der Waals surface area contributed by atoms with Gasteiger partial charge >= 0.3 is 5.97 Å². The minimum Gasteiger partial charge on any atom is -0.483 e. The van der Waals surface area contributed by atoms with Crippen molar-refractivity contribution in [1.82, 2.24) is 4.90 Å². The number of benzene rings is 1. The molecular weight excluding hydrogens is 338 g/mol. The van der Waals surface area contributed by atoms with Crippen molar-refractivity contribution in [3.63, 3.8) is 0 Å². The highest BCUT2D eigenvalue weighted by Crippen LogP contribution is 2.26. The maximum absolute atomic E-state index is 12.1. The van der Waals surface area contributed by atoms with E-state index in [4.69, 9.17) is 9.47 Å². The molecule has 0 aliphatic carbocycles. The van der Waals surface area contributed by atoms with Gasteiger partial charge in [0.2, 0.25) is 0 Å². The van der Waals surface area contributed by atoms with Crippen molar-refractivity contribution in [2.75, 3.05) is 26.8 Å². The molecule has 6 heteroatoms. The average molecular weight is 356 g/mol. The van der Waals surface area contributed by atoms with Gasteiger partial charge in [0, 0.05) is 13.1 Å². The number of likely N-dealkylation sites (tertiary alicyclic amines) is 1. The third-order valence-electron chi connectivity index (χ3n) is 3.51. The number of rotatable bonds is 4. The molecule has 0 saturated carbocycles. The maximum Gasteiger partial charge on any atom is 0.310 e. The Balaban J connectivity index is 1.87. The number of carbonyl (C=O) groups excluding carboxylic acids is 2. The van der Waals surface area contributed by atoms with Crippen LogP contribution in [0.5, 0.6) is 5.75 Å². The average Bonchev–Trinajstić information content (AvgIpc) is 2.95. The van der Waals surface area contributed by atoms with Crippen LogP contribution in [0.4, 0.5) is 0 Å². The fraction of sp³-hybridized carbons (Fsp3) is 0.467. The highest BCUT2D eigenvalue weighted by molar-refractivity contribution is 9.10. The number of amides is 1. The first-order chi connectivity index (χ1) is 10.0. The smallest absolute Gasteiger partial charge is 0.310 e. The fourth-order valence-electron chi connectivity index (χ4n) is 2.30. The van der Waals surface area contributed by atoms with Gasteiger partial charge in [0.25, 0.3) is 5.91 Å². The number of aryl methyl sites for hydroxylation is 1. The number of halogens is 1. The van der Waals surface area contributed by atoms with E-state index >= 15 is 0 Å². The lowest BCUT2D eigenvalue weighted by Crippen LogP contribution is -2.34. The quantitative estimate of drug-likeness (QED) is 0.776. The highest BCUT2D eigenvalue weighted by atomic mass is 79.9. The lowest BCUT2D eigenvalue weighted by atomic mass is 10.1. The van der Waals surface area contributed by atoms with Gasteiger partial charge in [-0.25, -0.2) is 0 Å². The Morgan fingerprint density at radius 2 is 2.19 bits per heavy atom. The zero-order chi connectivity index (χ0) is 15.4. The Hall–Kier alpha value is -1.56. The van der Waals surface area contributed by atoms with Crippen molar-refractivity contribution in [3.8, 4) is 5.75 Å². The van der Waals surface area contributed by atoms with Gasteiger partial charge in [0.1, 0.15) is 5.75 Å². The van der Waals surface area contributed by atoms with Crippen molar-refractivity contribution < 1.29 is 19.1 Å². The molecule has 114 valence electrons. The van der Waals surface area contributed by atoms with Gasteiger partial charge in [-0.05, 0) is 47.0 Å². The van der Waals surface area contributed by atoms with Crippen LogP contribution in [0.3, 0.4) is 0 Å². The summed E-state index contributed by atoms with van der Waals surface area (Å²) in [6.07, 6.45) is 0.645. The second kappa shape index (κ2) is 6.93. The van der Waals surface area contributed by atoms with E-state index in [1.807, 2.05) is 25.1 Å². The first-order valence-electron chi connectivity index (χ1n) is 6.76. The Morgan fingerprint density at radius 1 is 1.43 bits per heavy atom. The van der Waals surface area contributed by atoms with E-state index in [9.17, 15) is 9.59 Å². The van der Waals surface area contributed by atoms with Crippen molar-refractivity contribution in [2.24, 2.45) is 5.92 Å². The highest BCUT2D eigenvalue weighted by Gasteiger charge is 2.31. The molecule has 21 heavy (non-hydrogen) atoms. The summed E-state index contributed by atoms with van der Waals surface area (Å²) in [5.41, 5.74) is 1.11. The molecule has 1 atom stereocenters. The number of ether oxygens (including phenoxy) is 2. The van der Waals surface area contributed by atoms with Gasteiger partial charge in [0.05, 0.1) is 17.5 Å². The molecule has 1 aromatic carbocycles. The fourth-order valence-corrected chi connectivity index (χ4v) is 2.91. The largest absolute Gasteiger partial charge is 0.483 e. The van der Waals surface area contributed by atoms with Gasteiger partial charge in [-0.1, -0.05) is 6.07 Å². The minimum atomic E-state index is -0.257. The number of nitrogens with zero attached hydrogens (tertiary/aromatic N) is 1. The van der Waals surface area contributed by atoms with Gasteiger partial charge in [-0.3, -0.25) is 9.59 Å². The summed E-state index contributed by atoms with van der Waals surface area (Å²) in [6, 6.07) is 5.69. The maximum atomic E-state index is 12.1. The summed E-state index contributed by atoms with van der Waals surface area (Å²) >= 11 is 3.41. The van der Waals surface area contributed by atoms with Crippen LogP contribution in [0.1, 0.15) is 12.0 Å². The van der Waals surface area contributed by atoms with Crippen LogP contribution in [-0.4, -0.2) is 43.6 Å². The van der Waals surface area contributed by atoms with E-state index < -0.39 is 0 Å². The Morgan fingerprint density at radius 3 is 2.86 bits per heavy atom. The van der Waals surface area contributed by atoms with Crippen molar-refractivity contribution in [3.05, 3.63) is 28.2 Å². The molecular formula is C15H18BrNO4.